The van der Waals surface area contributed by atoms with Gasteiger partial charge in [-0.1, -0.05) is 23.8 Å². The molecule has 126 valence electrons. The number of pyridine rings is 1. The minimum Gasteiger partial charge on any atom is -0.303 e. The van der Waals surface area contributed by atoms with Gasteiger partial charge in [0.25, 0.3) is 5.91 Å². The third kappa shape index (κ3) is 3.66. The van der Waals surface area contributed by atoms with E-state index < -0.39 is 0 Å². The van der Waals surface area contributed by atoms with Gasteiger partial charge in [0.2, 0.25) is 0 Å². The predicted octanol–water partition coefficient (Wildman–Crippen LogP) is 3.56. The summed E-state index contributed by atoms with van der Waals surface area (Å²) in [5.41, 5.74) is 7.28. The molecular formula is C20H20N4O. The van der Waals surface area contributed by atoms with Crippen LogP contribution in [0.5, 0.6) is 0 Å². The van der Waals surface area contributed by atoms with Crippen molar-refractivity contribution in [3.63, 3.8) is 0 Å². The SMILES string of the molecule is Cc1ccc(C(=O)N/N=C\c2cc(C)n(-c3ccccn3)c2C)cc1. The third-order valence-corrected chi connectivity index (χ3v) is 4.03. The topological polar surface area (TPSA) is 59.3 Å². The van der Waals surface area contributed by atoms with Crippen molar-refractivity contribution in [3.8, 4) is 5.82 Å². The molecule has 1 amide bonds. The number of aryl methyl sites for hydroxylation is 2. The second kappa shape index (κ2) is 7.13. The van der Waals surface area contributed by atoms with Crippen molar-refractivity contribution in [2.24, 2.45) is 5.10 Å². The number of rotatable bonds is 4. The molecule has 3 aromatic rings. The molecule has 0 unspecified atom stereocenters. The van der Waals surface area contributed by atoms with Crippen LogP contribution in [-0.4, -0.2) is 21.7 Å². The second-order valence-electron chi connectivity index (χ2n) is 5.91. The van der Waals surface area contributed by atoms with Crippen LogP contribution < -0.4 is 5.43 Å². The van der Waals surface area contributed by atoms with E-state index in [-0.39, 0.29) is 5.91 Å². The molecule has 0 aliphatic carbocycles. The van der Waals surface area contributed by atoms with Gasteiger partial charge in [0, 0.05) is 28.7 Å². The van der Waals surface area contributed by atoms with Gasteiger partial charge in [-0.2, -0.15) is 5.10 Å². The van der Waals surface area contributed by atoms with Gasteiger partial charge in [0.1, 0.15) is 5.82 Å². The van der Waals surface area contributed by atoms with Gasteiger partial charge >= 0.3 is 0 Å². The van der Waals surface area contributed by atoms with Crippen LogP contribution in [0.4, 0.5) is 0 Å². The lowest BCUT2D eigenvalue weighted by atomic mass is 10.1. The van der Waals surface area contributed by atoms with Crippen LogP contribution in [-0.2, 0) is 0 Å². The highest BCUT2D eigenvalue weighted by atomic mass is 16.2. The number of nitrogens with zero attached hydrogens (tertiary/aromatic N) is 3. The molecule has 5 heteroatoms. The van der Waals surface area contributed by atoms with Crippen molar-refractivity contribution in [3.05, 3.63) is 82.8 Å². The lowest BCUT2D eigenvalue weighted by Gasteiger charge is -2.07. The number of hydrazone groups is 1. The van der Waals surface area contributed by atoms with Crippen LogP contribution in [0.2, 0.25) is 0 Å². The lowest BCUT2D eigenvalue weighted by molar-refractivity contribution is 0.0955. The van der Waals surface area contributed by atoms with E-state index >= 15 is 0 Å². The molecule has 0 aliphatic rings. The molecule has 0 saturated carbocycles. The monoisotopic (exact) mass is 332 g/mol. The fourth-order valence-electron chi connectivity index (χ4n) is 2.69. The molecule has 0 radical (unpaired) electrons. The molecule has 0 bridgehead atoms. The molecule has 1 N–H and O–H groups in total. The summed E-state index contributed by atoms with van der Waals surface area (Å²) in [6.07, 6.45) is 3.43. The van der Waals surface area contributed by atoms with Gasteiger partial charge in [0.05, 0.1) is 6.21 Å². The van der Waals surface area contributed by atoms with Crippen molar-refractivity contribution >= 4 is 12.1 Å². The number of hydrogen-bond donors (Lipinski definition) is 1. The fraction of sp³-hybridized carbons (Fsp3) is 0.150. The molecule has 0 atom stereocenters. The number of carbonyl (C=O) groups is 1. The van der Waals surface area contributed by atoms with E-state index in [1.54, 1.807) is 24.5 Å². The quantitative estimate of drug-likeness (QED) is 0.586. The van der Waals surface area contributed by atoms with Crippen LogP contribution in [0.15, 0.2) is 59.8 Å². The highest BCUT2D eigenvalue weighted by Gasteiger charge is 2.10. The zero-order valence-electron chi connectivity index (χ0n) is 14.5. The Kier molecular flexibility index (Phi) is 4.75. The summed E-state index contributed by atoms with van der Waals surface area (Å²) in [6.45, 7) is 6.01. The van der Waals surface area contributed by atoms with Gasteiger partial charge in [-0.15, -0.1) is 0 Å². The summed E-state index contributed by atoms with van der Waals surface area (Å²) in [5.74, 6) is 0.635. The number of hydrogen-bond acceptors (Lipinski definition) is 3. The Morgan fingerprint density at radius 2 is 1.88 bits per heavy atom. The second-order valence-corrected chi connectivity index (χ2v) is 5.91. The van der Waals surface area contributed by atoms with E-state index in [9.17, 15) is 4.79 Å². The van der Waals surface area contributed by atoms with Gasteiger partial charge in [-0.3, -0.25) is 4.79 Å². The summed E-state index contributed by atoms with van der Waals surface area (Å²) < 4.78 is 2.06. The van der Waals surface area contributed by atoms with Crippen LogP contribution in [0.3, 0.4) is 0 Å². The summed E-state index contributed by atoms with van der Waals surface area (Å²) >= 11 is 0. The zero-order valence-corrected chi connectivity index (χ0v) is 14.5. The van der Waals surface area contributed by atoms with Gasteiger partial charge < -0.3 is 4.57 Å². The highest BCUT2D eigenvalue weighted by molar-refractivity contribution is 5.95. The maximum Gasteiger partial charge on any atom is 0.271 e. The van der Waals surface area contributed by atoms with Gasteiger partial charge in [0.15, 0.2) is 0 Å². The standard InChI is InChI=1S/C20H20N4O/c1-14-7-9-17(10-8-14)20(25)23-22-13-18-12-15(2)24(16(18)3)19-6-4-5-11-21-19/h4-13H,1-3H3,(H,23,25)/b22-13-. The highest BCUT2D eigenvalue weighted by Crippen LogP contribution is 2.17. The van der Waals surface area contributed by atoms with E-state index in [4.69, 9.17) is 0 Å². The average molecular weight is 332 g/mol. The van der Waals surface area contributed by atoms with E-state index in [0.29, 0.717) is 5.56 Å². The Balaban J connectivity index is 1.76. The van der Waals surface area contributed by atoms with Crippen LogP contribution in [0.1, 0.15) is 32.9 Å². The molecule has 3 rings (SSSR count). The Morgan fingerprint density at radius 1 is 1.12 bits per heavy atom. The van der Waals surface area contributed by atoms with E-state index in [1.807, 2.05) is 57.2 Å². The molecule has 0 aliphatic heterocycles. The summed E-state index contributed by atoms with van der Waals surface area (Å²) in [5, 5.41) is 4.09. The number of carbonyl (C=O) groups excluding carboxylic acids is 1. The minimum atomic E-state index is -0.227. The molecule has 2 heterocycles. The lowest BCUT2D eigenvalue weighted by Crippen LogP contribution is -2.17. The van der Waals surface area contributed by atoms with E-state index in [0.717, 1.165) is 28.3 Å². The molecule has 25 heavy (non-hydrogen) atoms. The zero-order chi connectivity index (χ0) is 17.8. The number of aromatic nitrogens is 2. The van der Waals surface area contributed by atoms with E-state index in [1.165, 1.54) is 0 Å². The Bertz CT molecular complexity index is 909. The summed E-state index contributed by atoms with van der Waals surface area (Å²) in [6, 6.07) is 15.2. The molecule has 1 aromatic carbocycles. The Morgan fingerprint density at radius 3 is 2.56 bits per heavy atom. The first-order chi connectivity index (χ1) is 12.1. The van der Waals surface area contributed by atoms with Crippen LogP contribution >= 0.6 is 0 Å². The first-order valence-corrected chi connectivity index (χ1v) is 8.06. The van der Waals surface area contributed by atoms with Crippen LogP contribution in [0.25, 0.3) is 5.82 Å². The number of benzene rings is 1. The predicted molar refractivity (Wildman–Crippen MR) is 99.3 cm³/mol. The van der Waals surface area contributed by atoms with Crippen LogP contribution in [0, 0.1) is 20.8 Å². The molecule has 0 saturated heterocycles. The maximum atomic E-state index is 12.1. The minimum absolute atomic E-state index is 0.227. The molecule has 2 aromatic heterocycles. The Labute approximate surface area is 147 Å². The molecule has 5 nitrogen and oxygen atoms in total. The van der Waals surface area contributed by atoms with Crippen molar-refractivity contribution < 1.29 is 4.79 Å². The fourth-order valence-corrected chi connectivity index (χ4v) is 2.69. The normalized spacial score (nSPS) is 11.0. The van der Waals surface area contributed by atoms with E-state index in [2.05, 4.69) is 20.1 Å². The molecular weight excluding hydrogens is 312 g/mol. The van der Waals surface area contributed by atoms with Gasteiger partial charge in [-0.25, -0.2) is 10.4 Å². The van der Waals surface area contributed by atoms with Crippen molar-refractivity contribution in [1.29, 1.82) is 0 Å². The molecule has 0 fully saturated rings. The molecule has 0 spiro atoms. The number of amides is 1. The Hall–Kier alpha value is -3.21. The largest absolute Gasteiger partial charge is 0.303 e. The summed E-state index contributed by atoms with van der Waals surface area (Å²) in [7, 11) is 0. The summed E-state index contributed by atoms with van der Waals surface area (Å²) in [4.78, 5) is 16.5. The van der Waals surface area contributed by atoms with Crippen molar-refractivity contribution in [1.82, 2.24) is 15.0 Å². The third-order valence-electron chi connectivity index (χ3n) is 4.03. The maximum absolute atomic E-state index is 12.1. The van der Waals surface area contributed by atoms with Crippen molar-refractivity contribution in [2.45, 2.75) is 20.8 Å². The smallest absolute Gasteiger partial charge is 0.271 e. The first-order valence-electron chi connectivity index (χ1n) is 8.06. The average Bonchev–Trinajstić information content (AvgIpc) is 2.90. The first kappa shape index (κ1) is 16.6. The number of nitrogens with one attached hydrogen (secondary N) is 1. The van der Waals surface area contributed by atoms with Crippen molar-refractivity contribution in [2.75, 3.05) is 0 Å². The van der Waals surface area contributed by atoms with Gasteiger partial charge in [-0.05, 0) is 51.1 Å².